The predicted molar refractivity (Wildman–Crippen MR) is 109 cm³/mol. The summed E-state index contributed by atoms with van der Waals surface area (Å²) >= 11 is 0. The van der Waals surface area contributed by atoms with Gasteiger partial charge in [-0.3, -0.25) is 9.79 Å². The minimum atomic E-state index is -0.0851. The largest absolute Gasteiger partial charge is 0.497 e. The number of aliphatic imine (C=N–C) groups is 1. The van der Waals surface area contributed by atoms with E-state index in [0.717, 1.165) is 30.7 Å². The van der Waals surface area contributed by atoms with Crippen LogP contribution in [0.4, 0.5) is 0 Å². The molecular weight excluding hydrogens is 340 g/mol. The van der Waals surface area contributed by atoms with Gasteiger partial charge in [-0.1, -0.05) is 42.5 Å². The molecule has 0 unspecified atom stereocenters. The molecule has 6 nitrogen and oxygen atoms in total. The fourth-order valence-corrected chi connectivity index (χ4v) is 2.54. The van der Waals surface area contributed by atoms with Crippen LogP contribution >= 0.6 is 0 Å². The van der Waals surface area contributed by atoms with Gasteiger partial charge in [0.1, 0.15) is 5.75 Å². The van der Waals surface area contributed by atoms with Crippen molar-refractivity contribution in [2.75, 3.05) is 27.2 Å². The van der Waals surface area contributed by atoms with Crippen molar-refractivity contribution in [1.82, 2.24) is 16.0 Å². The van der Waals surface area contributed by atoms with Crippen molar-refractivity contribution in [2.45, 2.75) is 19.4 Å². The zero-order valence-electron chi connectivity index (χ0n) is 16.0. The van der Waals surface area contributed by atoms with Crippen LogP contribution in [0.1, 0.15) is 17.5 Å². The van der Waals surface area contributed by atoms with E-state index >= 15 is 0 Å². The van der Waals surface area contributed by atoms with E-state index in [1.165, 1.54) is 5.56 Å². The van der Waals surface area contributed by atoms with Crippen LogP contribution in [0.5, 0.6) is 5.75 Å². The fraction of sp³-hybridized carbons (Fsp3) is 0.333. The Bertz CT molecular complexity index is 715. The van der Waals surface area contributed by atoms with E-state index < -0.39 is 0 Å². The number of hydrogen-bond acceptors (Lipinski definition) is 3. The van der Waals surface area contributed by atoms with Crippen LogP contribution in [0.2, 0.25) is 0 Å². The Kier molecular flexibility index (Phi) is 8.69. The second-order valence-electron chi connectivity index (χ2n) is 6.07. The van der Waals surface area contributed by atoms with Crippen LogP contribution in [0.15, 0.2) is 59.6 Å². The lowest BCUT2D eigenvalue weighted by atomic mass is 10.1. The Hall–Kier alpha value is -3.02. The normalized spacial score (nSPS) is 11.0. The van der Waals surface area contributed by atoms with E-state index in [0.29, 0.717) is 12.5 Å². The molecular formula is C21H28N4O2. The van der Waals surface area contributed by atoms with Gasteiger partial charge in [0, 0.05) is 20.1 Å². The van der Waals surface area contributed by atoms with E-state index in [4.69, 9.17) is 4.74 Å². The van der Waals surface area contributed by atoms with Gasteiger partial charge < -0.3 is 20.7 Å². The number of ether oxygens (including phenoxy) is 1. The SMILES string of the molecule is CN=C(NCCCc1ccccc1)NCC(=O)NCc1ccc(OC)cc1. The lowest BCUT2D eigenvalue weighted by Crippen LogP contribution is -2.43. The standard InChI is InChI=1S/C21H28N4O2/c1-22-21(23-14-6-9-17-7-4-3-5-8-17)25-16-20(26)24-15-18-10-12-19(27-2)13-11-18/h3-5,7-8,10-13H,6,9,14-16H2,1-2H3,(H,24,26)(H2,22,23,25). The molecule has 2 rings (SSSR count). The molecule has 0 bridgehead atoms. The van der Waals surface area contributed by atoms with Gasteiger partial charge in [-0.05, 0) is 36.1 Å². The summed E-state index contributed by atoms with van der Waals surface area (Å²) in [5.41, 5.74) is 2.34. The van der Waals surface area contributed by atoms with Crippen molar-refractivity contribution in [2.24, 2.45) is 4.99 Å². The molecule has 0 aliphatic rings. The number of amides is 1. The Morgan fingerprint density at radius 1 is 0.963 bits per heavy atom. The summed E-state index contributed by atoms with van der Waals surface area (Å²) in [7, 11) is 3.33. The Labute approximate surface area is 161 Å². The van der Waals surface area contributed by atoms with E-state index in [1.807, 2.05) is 42.5 Å². The molecule has 2 aromatic carbocycles. The molecule has 0 heterocycles. The number of carbonyl (C=O) groups is 1. The first-order valence-corrected chi connectivity index (χ1v) is 9.09. The number of nitrogens with one attached hydrogen (secondary N) is 3. The number of guanidine groups is 1. The third-order valence-electron chi connectivity index (χ3n) is 4.07. The zero-order valence-corrected chi connectivity index (χ0v) is 16.0. The van der Waals surface area contributed by atoms with Gasteiger partial charge in [0.2, 0.25) is 5.91 Å². The zero-order chi connectivity index (χ0) is 19.3. The van der Waals surface area contributed by atoms with E-state index in [9.17, 15) is 4.79 Å². The van der Waals surface area contributed by atoms with Gasteiger partial charge in [0.25, 0.3) is 0 Å². The van der Waals surface area contributed by atoms with Gasteiger partial charge in [-0.25, -0.2) is 0 Å². The monoisotopic (exact) mass is 368 g/mol. The number of carbonyl (C=O) groups excluding carboxylic acids is 1. The molecule has 0 spiro atoms. The maximum atomic E-state index is 12.0. The van der Waals surface area contributed by atoms with Crippen LogP contribution < -0.4 is 20.7 Å². The first-order valence-electron chi connectivity index (χ1n) is 9.09. The molecule has 2 aromatic rings. The molecule has 0 fully saturated rings. The first kappa shape index (κ1) is 20.3. The number of nitrogens with zero attached hydrogens (tertiary/aromatic N) is 1. The molecule has 6 heteroatoms. The Morgan fingerprint density at radius 2 is 1.70 bits per heavy atom. The van der Waals surface area contributed by atoms with Crippen LogP contribution in [-0.2, 0) is 17.8 Å². The molecule has 0 radical (unpaired) electrons. The summed E-state index contributed by atoms with van der Waals surface area (Å²) in [6, 6.07) is 18.0. The van der Waals surface area contributed by atoms with Gasteiger partial charge in [0.15, 0.2) is 5.96 Å². The van der Waals surface area contributed by atoms with Crippen molar-refractivity contribution in [3.63, 3.8) is 0 Å². The lowest BCUT2D eigenvalue weighted by Gasteiger charge is -2.12. The van der Waals surface area contributed by atoms with Crippen LogP contribution in [0.3, 0.4) is 0 Å². The summed E-state index contributed by atoms with van der Waals surface area (Å²) in [4.78, 5) is 16.1. The molecule has 0 saturated carbocycles. The van der Waals surface area contributed by atoms with Crippen molar-refractivity contribution < 1.29 is 9.53 Å². The summed E-state index contributed by atoms with van der Waals surface area (Å²) in [6.07, 6.45) is 2.00. The van der Waals surface area contributed by atoms with Gasteiger partial charge in [0.05, 0.1) is 13.7 Å². The highest BCUT2D eigenvalue weighted by Gasteiger charge is 2.04. The highest BCUT2D eigenvalue weighted by molar-refractivity contribution is 5.86. The molecule has 0 aliphatic heterocycles. The topological polar surface area (TPSA) is 74.8 Å². The number of methoxy groups -OCH3 is 1. The minimum absolute atomic E-state index is 0.0851. The van der Waals surface area contributed by atoms with E-state index in [1.54, 1.807) is 14.2 Å². The van der Waals surface area contributed by atoms with Crippen molar-refractivity contribution in [3.05, 3.63) is 65.7 Å². The van der Waals surface area contributed by atoms with E-state index in [2.05, 4.69) is 33.1 Å². The van der Waals surface area contributed by atoms with E-state index in [-0.39, 0.29) is 12.5 Å². The number of rotatable bonds is 9. The van der Waals surface area contributed by atoms with Crippen LogP contribution in [0.25, 0.3) is 0 Å². The fourth-order valence-electron chi connectivity index (χ4n) is 2.54. The maximum absolute atomic E-state index is 12.0. The first-order chi connectivity index (χ1) is 13.2. The minimum Gasteiger partial charge on any atom is -0.497 e. The third-order valence-corrected chi connectivity index (χ3v) is 4.07. The average molecular weight is 368 g/mol. The second-order valence-corrected chi connectivity index (χ2v) is 6.07. The highest BCUT2D eigenvalue weighted by Crippen LogP contribution is 2.10. The van der Waals surface area contributed by atoms with Crippen LogP contribution in [-0.4, -0.2) is 39.1 Å². The summed E-state index contributed by atoms with van der Waals surface area (Å²) < 4.78 is 5.12. The molecule has 0 atom stereocenters. The lowest BCUT2D eigenvalue weighted by molar-refractivity contribution is -0.120. The van der Waals surface area contributed by atoms with Crippen molar-refractivity contribution >= 4 is 11.9 Å². The predicted octanol–water partition coefficient (Wildman–Crippen LogP) is 2.11. The molecule has 27 heavy (non-hydrogen) atoms. The van der Waals surface area contributed by atoms with Gasteiger partial charge in [-0.2, -0.15) is 0 Å². The summed E-state index contributed by atoms with van der Waals surface area (Å²) in [6.45, 7) is 1.45. The average Bonchev–Trinajstić information content (AvgIpc) is 2.72. The molecule has 3 N–H and O–H groups in total. The Balaban J connectivity index is 1.61. The maximum Gasteiger partial charge on any atom is 0.239 e. The number of hydrogen-bond donors (Lipinski definition) is 3. The summed E-state index contributed by atoms with van der Waals surface area (Å²) in [5, 5.41) is 9.14. The molecule has 0 saturated heterocycles. The second kappa shape index (κ2) is 11.6. The third kappa shape index (κ3) is 7.81. The smallest absolute Gasteiger partial charge is 0.239 e. The van der Waals surface area contributed by atoms with Gasteiger partial charge >= 0.3 is 0 Å². The Morgan fingerprint density at radius 3 is 2.37 bits per heavy atom. The molecule has 0 aliphatic carbocycles. The molecule has 144 valence electrons. The van der Waals surface area contributed by atoms with Crippen molar-refractivity contribution in [3.8, 4) is 5.75 Å². The summed E-state index contributed by atoms with van der Waals surface area (Å²) in [5.74, 6) is 1.34. The molecule has 0 aromatic heterocycles. The van der Waals surface area contributed by atoms with Gasteiger partial charge in [-0.15, -0.1) is 0 Å². The highest BCUT2D eigenvalue weighted by atomic mass is 16.5. The number of aryl methyl sites for hydroxylation is 1. The molecule has 1 amide bonds. The number of benzene rings is 2. The quantitative estimate of drug-likeness (QED) is 0.360. The van der Waals surface area contributed by atoms with Crippen molar-refractivity contribution in [1.29, 1.82) is 0 Å². The van der Waals surface area contributed by atoms with Crippen LogP contribution in [0, 0.1) is 0 Å².